The first-order valence-electron chi connectivity index (χ1n) is 10.4. The number of amides is 2. The minimum absolute atomic E-state index is 0.0204. The van der Waals surface area contributed by atoms with Gasteiger partial charge in [0.25, 0.3) is 0 Å². The Bertz CT molecular complexity index is 747. The number of carbonyl (C=O) groups is 2. The lowest BCUT2D eigenvalue weighted by Crippen LogP contribution is -2.63. The van der Waals surface area contributed by atoms with E-state index in [0.717, 1.165) is 18.8 Å². The summed E-state index contributed by atoms with van der Waals surface area (Å²) in [5.41, 5.74) is 3.49. The van der Waals surface area contributed by atoms with Gasteiger partial charge in [0.1, 0.15) is 12.3 Å². The van der Waals surface area contributed by atoms with Crippen LogP contribution in [0.5, 0.6) is 0 Å². The minimum Gasteiger partial charge on any atom is -0.360 e. The Morgan fingerprint density at radius 1 is 1.22 bits per heavy atom. The van der Waals surface area contributed by atoms with Gasteiger partial charge in [-0.25, -0.2) is 5.43 Å². The Morgan fingerprint density at radius 2 is 2.00 bits per heavy atom. The van der Waals surface area contributed by atoms with Crippen LogP contribution in [0.1, 0.15) is 50.7 Å². The third-order valence-corrected chi connectivity index (χ3v) is 7.40. The predicted octanol–water partition coefficient (Wildman–Crippen LogP) is 2.49. The quantitative estimate of drug-likeness (QED) is 0.851. The Balaban J connectivity index is 1.33. The first-order valence-corrected chi connectivity index (χ1v) is 10.4. The van der Waals surface area contributed by atoms with E-state index in [1.807, 2.05) is 0 Å². The summed E-state index contributed by atoms with van der Waals surface area (Å²) in [4.78, 5) is 25.6. The zero-order chi connectivity index (χ0) is 18.5. The van der Waals surface area contributed by atoms with E-state index in [1.54, 1.807) is 18.0 Å². The van der Waals surface area contributed by atoms with Crippen LogP contribution < -0.4 is 10.7 Å². The van der Waals surface area contributed by atoms with E-state index in [-0.39, 0.29) is 24.3 Å². The van der Waals surface area contributed by atoms with Crippen molar-refractivity contribution < 1.29 is 14.1 Å². The zero-order valence-corrected chi connectivity index (χ0v) is 15.8. The molecule has 6 unspecified atom stereocenters. The van der Waals surface area contributed by atoms with Crippen molar-refractivity contribution in [3.8, 4) is 0 Å². The number of rotatable bonds is 3. The molecule has 1 saturated heterocycles. The molecule has 3 aliphatic carbocycles. The number of anilines is 1. The van der Waals surface area contributed by atoms with Crippen molar-refractivity contribution in [2.45, 2.75) is 57.9 Å². The smallest absolute Gasteiger partial charge is 0.246 e. The Morgan fingerprint density at radius 3 is 2.78 bits per heavy atom. The molecule has 146 valence electrons. The number of hydrazine groups is 1. The molecule has 6 atom stereocenters. The highest BCUT2D eigenvalue weighted by Gasteiger charge is 2.58. The average Bonchev–Trinajstić information content (AvgIpc) is 3.21. The highest BCUT2D eigenvalue weighted by atomic mass is 16.5. The molecule has 2 amide bonds. The monoisotopic (exact) mass is 372 g/mol. The van der Waals surface area contributed by atoms with Crippen LogP contribution in [0, 0.1) is 36.5 Å². The molecule has 7 heteroatoms. The summed E-state index contributed by atoms with van der Waals surface area (Å²) in [5.74, 6) is 3.58. The molecule has 1 aliphatic heterocycles. The number of aromatic nitrogens is 1. The van der Waals surface area contributed by atoms with Crippen molar-refractivity contribution in [1.29, 1.82) is 0 Å². The molecule has 27 heavy (non-hydrogen) atoms. The van der Waals surface area contributed by atoms with Gasteiger partial charge in [-0.2, -0.15) is 0 Å². The van der Waals surface area contributed by atoms with Crippen LogP contribution in [0.25, 0.3) is 0 Å². The number of hydrogen-bond acceptors (Lipinski definition) is 5. The third-order valence-electron chi connectivity index (χ3n) is 7.40. The van der Waals surface area contributed by atoms with Crippen molar-refractivity contribution in [3.05, 3.63) is 11.8 Å². The van der Waals surface area contributed by atoms with Gasteiger partial charge in [-0.05, 0) is 56.3 Å². The van der Waals surface area contributed by atoms with Crippen LogP contribution in [0.15, 0.2) is 10.6 Å². The summed E-state index contributed by atoms with van der Waals surface area (Å²) in [5, 5.41) is 8.11. The molecule has 0 radical (unpaired) electrons. The summed E-state index contributed by atoms with van der Waals surface area (Å²) < 4.78 is 4.99. The maximum atomic E-state index is 13.1. The molecule has 5 rings (SSSR count). The molecule has 1 aromatic rings. The number of carbonyl (C=O) groups excluding carboxylic acids is 2. The number of aryl methyl sites for hydroxylation is 1. The molecule has 7 nitrogen and oxygen atoms in total. The Kier molecular flexibility index (Phi) is 4.22. The lowest BCUT2D eigenvalue weighted by molar-refractivity contribution is -0.153. The zero-order valence-electron chi connectivity index (χ0n) is 15.8. The molecular weight excluding hydrogens is 344 g/mol. The molecule has 0 aromatic carbocycles. The standard InChI is InChI=1S/C20H28N4O3/c1-11-9-16(23-27-11)21-17(25)10-24-20(26)15-8-4-7-13-12-5-2-3-6-14(12)19(22-24)18(13)15/h9,12-15,18-19,22H,2-8,10H2,1H3,(H,21,23,25). The van der Waals surface area contributed by atoms with Crippen molar-refractivity contribution in [3.63, 3.8) is 0 Å². The first-order chi connectivity index (χ1) is 13.1. The molecule has 3 saturated carbocycles. The predicted molar refractivity (Wildman–Crippen MR) is 98.3 cm³/mol. The van der Waals surface area contributed by atoms with Gasteiger partial charge in [-0.15, -0.1) is 0 Å². The van der Waals surface area contributed by atoms with Gasteiger partial charge in [0.05, 0.1) is 0 Å². The second-order valence-corrected chi connectivity index (χ2v) is 8.84. The van der Waals surface area contributed by atoms with Gasteiger partial charge in [-0.3, -0.25) is 14.6 Å². The number of fused-ring (bicyclic) bond motifs is 3. The number of nitrogens with one attached hydrogen (secondary N) is 2. The normalized spacial score (nSPS) is 37.7. The number of nitrogens with zero attached hydrogens (tertiary/aromatic N) is 2. The highest BCUT2D eigenvalue weighted by Crippen LogP contribution is 2.57. The van der Waals surface area contributed by atoms with Gasteiger partial charge in [0.15, 0.2) is 5.82 Å². The van der Waals surface area contributed by atoms with Crippen LogP contribution in [0.4, 0.5) is 5.82 Å². The van der Waals surface area contributed by atoms with Crippen LogP contribution in [-0.4, -0.2) is 34.6 Å². The van der Waals surface area contributed by atoms with E-state index >= 15 is 0 Å². The molecule has 4 fully saturated rings. The second kappa shape index (κ2) is 6.62. The third kappa shape index (κ3) is 2.87. The topological polar surface area (TPSA) is 87.5 Å². The molecule has 2 heterocycles. The summed E-state index contributed by atoms with van der Waals surface area (Å²) in [6, 6.07) is 2.03. The maximum absolute atomic E-state index is 13.1. The van der Waals surface area contributed by atoms with Crippen molar-refractivity contribution in [2.75, 3.05) is 11.9 Å². The van der Waals surface area contributed by atoms with Crippen LogP contribution in [0.3, 0.4) is 0 Å². The average molecular weight is 372 g/mol. The first kappa shape index (κ1) is 17.2. The molecule has 4 aliphatic rings. The molecule has 2 N–H and O–H groups in total. The summed E-state index contributed by atoms with van der Waals surface area (Å²) in [7, 11) is 0. The van der Waals surface area contributed by atoms with Crippen LogP contribution >= 0.6 is 0 Å². The number of hydrogen-bond donors (Lipinski definition) is 2. The second-order valence-electron chi connectivity index (χ2n) is 8.84. The van der Waals surface area contributed by atoms with Gasteiger partial charge in [-0.1, -0.05) is 24.4 Å². The Labute approximate surface area is 159 Å². The van der Waals surface area contributed by atoms with Gasteiger partial charge in [0.2, 0.25) is 11.8 Å². The molecule has 0 spiro atoms. The highest BCUT2D eigenvalue weighted by molar-refractivity contribution is 5.94. The minimum atomic E-state index is -0.242. The molecule has 1 aromatic heterocycles. The fourth-order valence-corrected chi connectivity index (χ4v) is 6.51. The van der Waals surface area contributed by atoms with Crippen LogP contribution in [-0.2, 0) is 9.59 Å². The van der Waals surface area contributed by atoms with Crippen molar-refractivity contribution in [2.24, 2.45) is 29.6 Å². The van der Waals surface area contributed by atoms with E-state index in [2.05, 4.69) is 15.9 Å². The molecule has 0 bridgehead atoms. The van der Waals surface area contributed by atoms with Crippen LogP contribution in [0.2, 0.25) is 0 Å². The summed E-state index contributed by atoms with van der Waals surface area (Å²) in [6.45, 7) is 1.80. The summed E-state index contributed by atoms with van der Waals surface area (Å²) >= 11 is 0. The molecular formula is C20H28N4O3. The van der Waals surface area contributed by atoms with Gasteiger partial charge in [0, 0.05) is 18.0 Å². The van der Waals surface area contributed by atoms with E-state index in [0.29, 0.717) is 35.4 Å². The fraction of sp³-hybridized carbons (Fsp3) is 0.750. The largest absolute Gasteiger partial charge is 0.360 e. The lowest BCUT2D eigenvalue weighted by Gasteiger charge is -2.45. The van der Waals surface area contributed by atoms with E-state index in [9.17, 15) is 9.59 Å². The Hall–Kier alpha value is -1.89. The van der Waals surface area contributed by atoms with E-state index in [4.69, 9.17) is 4.52 Å². The van der Waals surface area contributed by atoms with E-state index < -0.39 is 0 Å². The SMILES string of the molecule is Cc1cc(NC(=O)CN2NC3C4CCCCC4C4CCCC(C2=O)C43)no1. The fourth-order valence-electron chi connectivity index (χ4n) is 6.51. The van der Waals surface area contributed by atoms with E-state index in [1.165, 1.54) is 32.1 Å². The van der Waals surface area contributed by atoms with Gasteiger partial charge >= 0.3 is 0 Å². The van der Waals surface area contributed by atoms with Crippen molar-refractivity contribution in [1.82, 2.24) is 15.6 Å². The van der Waals surface area contributed by atoms with Crippen molar-refractivity contribution >= 4 is 17.6 Å². The maximum Gasteiger partial charge on any atom is 0.246 e. The van der Waals surface area contributed by atoms with Gasteiger partial charge < -0.3 is 9.84 Å². The lowest BCUT2D eigenvalue weighted by atomic mass is 9.68. The summed E-state index contributed by atoms with van der Waals surface area (Å²) in [6.07, 6.45) is 8.59.